The summed E-state index contributed by atoms with van der Waals surface area (Å²) in [5.41, 5.74) is -1.20. The fourth-order valence-corrected chi connectivity index (χ4v) is 7.02. The molecule has 39 heavy (non-hydrogen) atoms. The Morgan fingerprint density at radius 3 is 2.56 bits per heavy atom. The van der Waals surface area contributed by atoms with Gasteiger partial charge in [-0.3, -0.25) is 9.80 Å². The Hall–Kier alpha value is -2.53. The van der Waals surface area contributed by atoms with Crippen LogP contribution >= 0.6 is 11.6 Å². The van der Waals surface area contributed by atoms with E-state index in [0.29, 0.717) is 32.1 Å². The molecule has 0 radical (unpaired) electrons. The number of alkyl halides is 1. The molecule has 2 aromatic rings. The predicted molar refractivity (Wildman–Crippen MR) is 140 cm³/mol. The van der Waals surface area contributed by atoms with Gasteiger partial charge in [-0.25, -0.2) is 18.0 Å². The lowest BCUT2D eigenvalue weighted by Crippen LogP contribution is -2.57. The molecule has 0 saturated carbocycles. The molecule has 4 aliphatic rings. The van der Waals surface area contributed by atoms with E-state index in [1.165, 1.54) is 0 Å². The van der Waals surface area contributed by atoms with Gasteiger partial charge in [-0.15, -0.1) is 0 Å². The van der Waals surface area contributed by atoms with E-state index in [1.54, 1.807) is 4.90 Å². The zero-order chi connectivity index (χ0) is 27.7. The van der Waals surface area contributed by atoms with E-state index in [1.807, 2.05) is 25.7 Å². The minimum Gasteiger partial charge on any atom is -0.461 e. The van der Waals surface area contributed by atoms with Crippen molar-refractivity contribution in [1.82, 2.24) is 19.8 Å². The molecule has 0 aliphatic carbocycles. The number of aromatic nitrogens is 2. The van der Waals surface area contributed by atoms with Gasteiger partial charge < -0.3 is 14.4 Å². The van der Waals surface area contributed by atoms with E-state index in [4.69, 9.17) is 21.1 Å². The lowest BCUT2D eigenvalue weighted by molar-refractivity contribution is 0.0122. The fourth-order valence-electron chi connectivity index (χ4n) is 6.80. The minimum absolute atomic E-state index is 0.0653. The second-order valence-electron chi connectivity index (χ2n) is 12.2. The standard InChI is InChI=1S/C27H33ClF3N5O3/c1-26(2,3)39-25(37)36-16-5-6-17(36)13-34(12-16)23-20-21(28)18(30)9-19(31)22(20)32-24(33-23)38-14-27-7-4-8-35(27)11-15(29)10-27/h9,15-17H,4-8,10-14H2,1-3H3/t15-,16?,17?,27+/m1/s1. The molecule has 4 atom stereocenters. The molecule has 1 amide bonds. The Morgan fingerprint density at radius 2 is 1.87 bits per heavy atom. The van der Waals surface area contributed by atoms with Crippen molar-refractivity contribution < 1.29 is 27.4 Å². The van der Waals surface area contributed by atoms with Gasteiger partial charge in [0.25, 0.3) is 0 Å². The first-order chi connectivity index (χ1) is 18.4. The topological polar surface area (TPSA) is 71.0 Å². The van der Waals surface area contributed by atoms with Crippen LogP contribution in [0.1, 0.15) is 52.9 Å². The summed E-state index contributed by atoms with van der Waals surface area (Å²) in [5.74, 6) is -1.52. The van der Waals surface area contributed by atoms with Gasteiger partial charge in [-0.2, -0.15) is 9.97 Å². The maximum absolute atomic E-state index is 15.1. The van der Waals surface area contributed by atoms with Crippen molar-refractivity contribution in [2.45, 2.75) is 82.3 Å². The lowest BCUT2D eigenvalue weighted by atomic mass is 9.95. The summed E-state index contributed by atoms with van der Waals surface area (Å²) in [7, 11) is 0. The molecule has 4 aliphatic heterocycles. The van der Waals surface area contributed by atoms with E-state index in [0.717, 1.165) is 32.2 Å². The summed E-state index contributed by atoms with van der Waals surface area (Å²) >= 11 is 6.36. The normalized spacial score (nSPS) is 28.8. The van der Waals surface area contributed by atoms with Crippen LogP contribution in [0.3, 0.4) is 0 Å². The smallest absolute Gasteiger partial charge is 0.410 e. The highest BCUT2D eigenvalue weighted by molar-refractivity contribution is 6.36. The number of anilines is 1. The zero-order valence-electron chi connectivity index (χ0n) is 22.4. The molecule has 1 aromatic carbocycles. The highest BCUT2D eigenvalue weighted by Gasteiger charge is 2.50. The number of fused-ring (bicyclic) bond motifs is 4. The van der Waals surface area contributed by atoms with Crippen LogP contribution in [0.2, 0.25) is 5.02 Å². The molecule has 8 nitrogen and oxygen atoms in total. The molecule has 6 rings (SSSR count). The first-order valence-corrected chi connectivity index (χ1v) is 14.0. The second-order valence-corrected chi connectivity index (χ2v) is 12.6. The Kier molecular flexibility index (Phi) is 6.53. The number of amides is 1. The van der Waals surface area contributed by atoms with Crippen molar-refractivity contribution in [2.75, 3.05) is 37.7 Å². The molecule has 5 heterocycles. The first-order valence-electron chi connectivity index (χ1n) is 13.6. The number of carbonyl (C=O) groups is 1. The van der Waals surface area contributed by atoms with Gasteiger partial charge in [-0.1, -0.05) is 11.6 Å². The second kappa shape index (κ2) is 9.54. The molecule has 1 aromatic heterocycles. The number of rotatable bonds is 4. The summed E-state index contributed by atoms with van der Waals surface area (Å²) < 4.78 is 55.6. The average molecular weight is 568 g/mol. The summed E-state index contributed by atoms with van der Waals surface area (Å²) in [4.78, 5) is 27.6. The zero-order valence-corrected chi connectivity index (χ0v) is 23.1. The lowest BCUT2D eigenvalue weighted by Gasteiger charge is -2.42. The number of halogens is 4. The van der Waals surface area contributed by atoms with Gasteiger partial charge in [0, 0.05) is 32.1 Å². The molecule has 212 valence electrons. The monoisotopic (exact) mass is 567 g/mol. The van der Waals surface area contributed by atoms with Crippen LogP contribution in [0.15, 0.2) is 6.07 Å². The third kappa shape index (κ3) is 4.75. The van der Waals surface area contributed by atoms with E-state index in [9.17, 15) is 13.6 Å². The number of hydrogen-bond donors (Lipinski definition) is 0. The van der Waals surface area contributed by atoms with Crippen molar-refractivity contribution in [2.24, 2.45) is 0 Å². The van der Waals surface area contributed by atoms with Crippen LogP contribution < -0.4 is 9.64 Å². The predicted octanol–water partition coefficient (Wildman–Crippen LogP) is 5.10. The van der Waals surface area contributed by atoms with Gasteiger partial charge >= 0.3 is 12.1 Å². The van der Waals surface area contributed by atoms with Gasteiger partial charge in [0.15, 0.2) is 5.82 Å². The van der Waals surface area contributed by atoms with E-state index >= 15 is 4.39 Å². The quantitative estimate of drug-likeness (QED) is 0.476. The van der Waals surface area contributed by atoms with Crippen LogP contribution in [0.25, 0.3) is 10.9 Å². The largest absolute Gasteiger partial charge is 0.461 e. The molecule has 4 saturated heterocycles. The van der Waals surface area contributed by atoms with Crippen LogP contribution in [-0.2, 0) is 4.74 Å². The Morgan fingerprint density at radius 1 is 1.15 bits per heavy atom. The molecule has 2 unspecified atom stereocenters. The maximum Gasteiger partial charge on any atom is 0.410 e. The average Bonchev–Trinajstić information content (AvgIpc) is 3.47. The van der Waals surface area contributed by atoms with Gasteiger partial charge in [0.05, 0.1) is 28.0 Å². The third-order valence-corrected chi connectivity index (χ3v) is 8.76. The first kappa shape index (κ1) is 26.7. The highest BCUT2D eigenvalue weighted by Crippen LogP contribution is 2.42. The molecule has 0 N–H and O–H groups in total. The van der Waals surface area contributed by atoms with Crippen molar-refractivity contribution >= 4 is 34.4 Å². The Balaban J connectivity index is 1.33. The van der Waals surface area contributed by atoms with Crippen LogP contribution in [-0.4, -0.2) is 88.0 Å². The van der Waals surface area contributed by atoms with Gasteiger partial charge in [-0.05, 0) is 53.0 Å². The summed E-state index contributed by atoms with van der Waals surface area (Å²) in [5, 5.41) is -0.205. The number of piperazine rings is 1. The van der Waals surface area contributed by atoms with Crippen molar-refractivity contribution in [3.8, 4) is 6.01 Å². The van der Waals surface area contributed by atoms with Crippen molar-refractivity contribution in [1.29, 1.82) is 0 Å². The highest BCUT2D eigenvalue weighted by atomic mass is 35.5. The molecular weight excluding hydrogens is 535 g/mol. The fraction of sp³-hybridized carbons (Fsp3) is 0.667. The van der Waals surface area contributed by atoms with E-state index < -0.39 is 28.9 Å². The summed E-state index contributed by atoms with van der Waals surface area (Å²) in [6.45, 7) is 7.61. The number of carbonyl (C=O) groups excluding carboxylic acids is 1. The molecular formula is C27H33ClF3N5O3. The molecule has 0 spiro atoms. The molecule has 4 fully saturated rings. The number of nitrogens with zero attached hydrogens (tertiary/aromatic N) is 5. The van der Waals surface area contributed by atoms with Crippen molar-refractivity contribution in [3.63, 3.8) is 0 Å². The SMILES string of the molecule is CC(C)(C)OC(=O)N1C2CCC1CN(c1nc(OC[C@@]34CCCN3C[C@H](F)C4)nc3c(F)cc(F)c(Cl)c13)C2. The number of ether oxygens (including phenoxy) is 2. The number of benzene rings is 1. The maximum atomic E-state index is 15.1. The molecule has 2 bridgehead atoms. The van der Waals surface area contributed by atoms with Crippen LogP contribution in [0, 0.1) is 11.6 Å². The summed E-state index contributed by atoms with van der Waals surface area (Å²) in [6.07, 6.45) is 2.37. The van der Waals surface area contributed by atoms with E-state index in [2.05, 4.69) is 14.9 Å². The minimum atomic E-state index is -0.919. The van der Waals surface area contributed by atoms with Crippen molar-refractivity contribution in [3.05, 3.63) is 22.7 Å². The molecule has 12 heteroatoms. The third-order valence-electron chi connectivity index (χ3n) is 8.40. The van der Waals surface area contributed by atoms with E-state index in [-0.39, 0.29) is 52.5 Å². The summed E-state index contributed by atoms with van der Waals surface area (Å²) in [6, 6.07) is 0.328. The van der Waals surface area contributed by atoms with Gasteiger partial charge in [0.2, 0.25) is 0 Å². The Labute approximate surface area is 230 Å². The Bertz CT molecular complexity index is 1300. The number of hydrogen-bond acceptors (Lipinski definition) is 7. The van der Waals surface area contributed by atoms with Crippen LogP contribution in [0.5, 0.6) is 6.01 Å². The van der Waals surface area contributed by atoms with Gasteiger partial charge in [0.1, 0.15) is 35.5 Å². The van der Waals surface area contributed by atoms with Crippen LogP contribution in [0.4, 0.5) is 23.8 Å².